The normalized spacial score (nSPS) is 18.6. The molecule has 4 nitrogen and oxygen atoms in total. The number of pyridine rings is 1. The average molecular weight is 508 g/mol. The maximum Gasteiger partial charge on any atom is 0.226 e. The fraction of sp³-hybridized carbons (Fsp3) is 0.636. The molecule has 1 aliphatic heterocycles. The van der Waals surface area contributed by atoms with Crippen molar-refractivity contribution < 1.29 is 15.5 Å². The lowest BCUT2D eigenvalue weighted by Crippen LogP contribution is -2.56. The van der Waals surface area contributed by atoms with E-state index in [1.807, 2.05) is 0 Å². The highest BCUT2D eigenvalue weighted by atomic mass is 16.2. The molecule has 0 bridgehead atoms. The van der Waals surface area contributed by atoms with Crippen molar-refractivity contribution in [3.63, 3.8) is 0 Å². The van der Waals surface area contributed by atoms with Crippen molar-refractivity contribution in [1.29, 1.82) is 0 Å². The Hall–Kier alpha value is -2.20. The maximum absolute atomic E-state index is 13.4. The molecule has 2 fully saturated rings. The highest BCUT2D eigenvalue weighted by Crippen LogP contribution is 2.31. The summed E-state index contributed by atoms with van der Waals surface area (Å²) < 4.78 is 0. The van der Waals surface area contributed by atoms with Crippen LogP contribution in [0.3, 0.4) is 0 Å². The number of rotatable bonds is 8. The second-order valence-electron chi connectivity index (χ2n) is 11.6. The molecule has 0 radical (unpaired) electrons. The Morgan fingerprint density at radius 2 is 1.70 bits per heavy atom. The van der Waals surface area contributed by atoms with Crippen LogP contribution in [-0.4, -0.2) is 30.4 Å². The van der Waals surface area contributed by atoms with Crippen LogP contribution in [0, 0.1) is 18.8 Å². The molecule has 1 saturated heterocycles. The van der Waals surface area contributed by atoms with Gasteiger partial charge in [-0.05, 0) is 42.7 Å². The number of benzene rings is 1. The zero-order chi connectivity index (χ0) is 26.6. The van der Waals surface area contributed by atoms with E-state index in [4.69, 9.17) is 0 Å². The van der Waals surface area contributed by atoms with Crippen molar-refractivity contribution in [3.05, 3.63) is 65.0 Å². The van der Waals surface area contributed by atoms with Crippen LogP contribution < -0.4 is 10.7 Å². The summed E-state index contributed by atoms with van der Waals surface area (Å²) in [4.78, 5) is 19.1. The van der Waals surface area contributed by atoms with Crippen LogP contribution in [0.15, 0.2) is 42.5 Å². The first kappa shape index (κ1) is 29.4. The number of aromatic nitrogens is 1. The summed E-state index contributed by atoms with van der Waals surface area (Å²) in [6, 6.07) is 15.1. The van der Waals surface area contributed by atoms with Gasteiger partial charge < -0.3 is 10.6 Å². The van der Waals surface area contributed by atoms with Gasteiger partial charge in [-0.3, -0.25) is 4.79 Å². The molecule has 37 heavy (non-hydrogen) atoms. The summed E-state index contributed by atoms with van der Waals surface area (Å²) in [5.74, 6) is 2.01. The number of piperidine rings is 1. The van der Waals surface area contributed by atoms with Gasteiger partial charge in [-0.15, -0.1) is 0 Å². The van der Waals surface area contributed by atoms with Gasteiger partial charge in [-0.2, -0.15) is 0 Å². The summed E-state index contributed by atoms with van der Waals surface area (Å²) in [6.45, 7) is 11.2. The second kappa shape index (κ2) is 15.3. The molecule has 4 rings (SSSR count). The minimum atomic E-state index is -0.0488. The maximum atomic E-state index is 13.4. The molecular formula is C33H53N3O+2. The van der Waals surface area contributed by atoms with Crippen LogP contribution in [0.1, 0.15) is 113 Å². The van der Waals surface area contributed by atoms with E-state index in [1.54, 1.807) is 0 Å². The third-order valence-corrected chi connectivity index (χ3v) is 8.66. The zero-order valence-corrected chi connectivity index (χ0v) is 24.1. The quantitative estimate of drug-likeness (QED) is 0.461. The van der Waals surface area contributed by atoms with Gasteiger partial charge in [0.2, 0.25) is 5.91 Å². The minimum absolute atomic E-state index is 0.0488. The molecule has 204 valence electrons. The van der Waals surface area contributed by atoms with Crippen LogP contribution in [0.2, 0.25) is 0 Å². The smallest absolute Gasteiger partial charge is 0.226 e. The molecule has 1 amide bonds. The van der Waals surface area contributed by atoms with E-state index in [9.17, 15) is 4.79 Å². The predicted octanol–water partition coefficient (Wildman–Crippen LogP) is 6.11. The molecule has 1 saturated carbocycles. The number of H-pyrrole nitrogens is 1. The largest absolute Gasteiger partial charge is 0.357 e. The predicted molar refractivity (Wildman–Crippen MR) is 153 cm³/mol. The lowest BCUT2D eigenvalue weighted by molar-refractivity contribution is -0.403. The van der Waals surface area contributed by atoms with Crippen molar-refractivity contribution in [2.24, 2.45) is 11.8 Å². The summed E-state index contributed by atoms with van der Waals surface area (Å²) in [7, 11) is 0. The summed E-state index contributed by atoms with van der Waals surface area (Å²) in [5, 5.41) is 0. The van der Waals surface area contributed by atoms with E-state index in [-0.39, 0.29) is 17.7 Å². The first-order valence-electron chi connectivity index (χ1n) is 15.1. The van der Waals surface area contributed by atoms with Crippen molar-refractivity contribution in [3.8, 4) is 0 Å². The Labute approximate surface area is 226 Å². The number of hydrogen-bond acceptors (Lipinski definition) is 1. The van der Waals surface area contributed by atoms with E-state index in [1.165, 1.54) is 61.0 Å². The van der Waals surface area contributed by atoms with E-state index in [2.05, 4.69) is 85.8 Å². The Kier molecular flexibility index (Phi) is 12.1. The highest BCUT2D eigenvalue weighted by molar-refractivity contribution is 5.79. The molecule has 2 aromatic rings. The molecule has 1 aromatic heterocycles. The molecule has 0 spiro atoms. The molecule has 2 heterocycles. The van der Waals surface area contributed by atoms with Gasteiger partial charge in [-0.25, -0.2) is 4.98 Å². The number of carbonyl (C=O) groups excluding carboxylic acids is 1. The van der Waals surface area contributed by atoms with Crippen LogP contribution in [-0.2, 0) is 11.2 Å². The molecular weight excluding hydrogens is 454 g/mol. The molecule has 1 aromatic carbocycles. The Morgan fingerprint density at radius 1 is 1.03 bits per heavy atom. The molecule has 4 heteroatoms. The highest BCUT2D eigenvalue weighted by Gasteiger charge is 2.34. The van der Waals surface area contributed by atoms with E-state index < -0.39 is 0 Å². The minimum Gasteiger partial charge on any atom is -0.357 e. The van der Waals surface area contributed by atoms with Crippen LogP contribution in [0.5, 0.6) is 0 Å². The number of nitrogens with one attached hydrogen (secondary N) is 1. The number of carbonyl (C=O) groups is 1. The number of amides is 1. The lowest BCUT2D eigenvalue weighted by atomic mass is 9.83. The summed E-state index contributed by atoms with van der Waals surface area (Å²) in [5.41, 5.74) is 9.37. The third kappa shape index (κ3) is 8.67. The number of aryl methyl sites for hydroxylation is 2. The fourth-order valence-electron chi connectivity index (χ4n) is 6.18. The van der Waals surface area contributed by atoms with Crippen LogP contribution >= 0.6 is 0 Å². The van der Waals surface area contributed by atoms with Gasteiger partial charge in [0.05, 0.1) is 12.5 Å². The van der Waals surface area contributed by atoms with Gasteiger partial charge in [-0.1, -0.05) is 89.6 Å². The number of nitrogens with zero attached hydrogens (tertiary/aromatic N) is 1. The van der Waals surface area contributed by atoms with Gasteiger partial charge in [0.15, 0.2) is 11.4 Å². The summed E-state index contributed by atoms with van der Waals surface area (Å²) >= 11 is 0. The van der Waals surface area contributed by atoms with E-state index in [0.717, 1.165) is 51.2 Å². The molecule has 2 atom stereocenters. The van der Waals surface area contributed by atoms with Crippen molar-refractivity contribution in [2.45, 2.75) is 104 Å². The molecule has 1 aliphatic carbocycles. The van der Waals surface area contributed by atoms with Gasteiger partial charge in [0.25, 0.3) is 0 Å². The van der Waals surface area contributed by atoms with E-state index in [0.29, 0.717) is 5.92 Å². The topological polar surface area (TPSA) is 62.1 Å². The zero-order valence-electron chi connectivity index (χ0n) is 24.1. The second-order valence-corrected chi connectivity index (χ2v) is 11.6. The van der Waals surface area contributed by atoms with Gasteiger partial charge in [0, 0.05) is 44.0 Å². The number of quaternary nitrogens is 1. The van der Waals surface area contributed by atoms with Gasteiger partial charge in [0.1, 0.15) is 0 Å². The Morgan fingerprint density at radius 3 is 2.27 bits per heavy atom. The Balaban J connectivity index is 0.000000468. The third-order valence-electron chi connectivity index (χ3n) is 8.66. The van der Waals surface area contributed by atoms with Crippen molar-refractivity contribution in [2.75, 3.05) is 19.6 Å². The number of unbranched alkanes of at least 4 members (excludes halogenated alkanes) is 1. The summed E-state index contributed by atoms with van der Waals surface area (Å²) in [6.07, 6.45) is 12.9. The Bertz CT molecular complexity index is 930. The lowest BCUT2D eigenvalue weighted by Gasteiger charge is -2.35. The van der Waals surface area contributed by atoms with Crippen molar-refractivity contribution >= 4 is 5.91 Å². The first-order chi connectivity index (χ1) is 17.9. The van der Waals surface area contributed by atoms with Gasteiger partial charge >= 0.3 is 0 Å². The first-order valence-corrected chi connectivity index (χ1v) is 15.1. The molecule has 2 aliphatic rings. The molecule has 4 N–H and O–H groups in total. The number of likely N-dealkylation sites (tertiary alicyclic amines) is 1. The monoisotopic (exact) mass is 507 g/mol. The van der Waals surface area contributed by atoms with Crippen molar-refractivity contribution in [1.82, 2.24) is 4.90 Å². The van der Waals surface area contributed by atoms with E-state index >= 15 is 0 Å². The SMILES string of the molecule is CC1CCCCC1.CCCCc1[nH+]c(C)ccc1C(C[NH3+])[C@@H](C)C(=O)N1CCC(c2ccccc2)CC1. The molecule has 1 unspecified atom stereocenters. The van der Waals surface area contributed by atoms with Crippen LogP contribution in [0.25, 0.3) is 0 Å². The standard InChI is InChI=1S/C26H37N3O.C7H14/c1-4-5-11-25-23(13-12-19(2)28-25)24(18-27)20(3)26(30)29-16-14-22(15-17-29)21-9-7-6-8-10-21;1-7-5-3-2-4-6-7/h6-10,12-13,20,22,24H,4-5,11,14-18,27H2,1-3H3;7H,2-6H2,1H3/p+2/t20-,24?;/m1./s1. The fourth-order valence-corrected chi connectivity index (χ4v) is 6.18. The van der Waals surface area contributed by atoms with Crippen LogP contribution in [0.4, 0.5) is 0 Å². The number of hydrogen-bond donors (Lipinski definition) is 1. The number of aromatic amines is 1. The average Bonchev–Trinajstić information content (AvgIpc) is 2.94.